The number of benzene rings is 1. The lowest BCUT2D eigenvalue weighted by molar-refractivity contribution is 0.241. The van der Waals surface area contributed by atoms with Crippen LogP contribution in [-0.4, -0.2) is 27.7 Å². The van der Waals surface area contributed by atoms with E-state index in [1.165, 1.54) is 12.6 Å². The van der Waals surface area contributed by atoms with E-state index in [2.05, 4.69) is 17.0 Å². The molecule has 0 unspecified atom stereocenters. The molecular formula is C18H23N3O3. The Balaban J connectivity index is 1.86. The van der Waals surface area contributed by atoms with Crippen molar-refractivity contribution in [1.82, 2.24) is 14.0 Å². The first kappa shape index (κ1) is 16.5. The minimum Gasteiger partial charge on any atom is -0.497 e. The van der Waals surface area contributed by atoms with E-state index in [0.717, 1.165) is 35.4 Å². The predicted molar refractivity (Wildman–Crippen MR) is 92.3 cm³/mol. The topological polar surface area (TPSA) is 56.5 Å². The highest BCUT2D eigenvalue weighted by atomic mass is 16.5. The van der Waals surface area contributed by atoms with Crippen LogP contribution in [0.1, 0.15) is 30.1 Å². The second-order valence-corrected chi connectivity index (χ2v) is 6.28. The Labute approximate surface area is 140 Å². The van der Waals surface area contributed by atoms with Gasteiger partial charge in [-0.15, -0.1) is 0 Å². The number of hydrogen-bond acceptors (Lipinski definition) is 4. The van der Waals surface area contributed by atoms with Crippen LogP contribution in [0.3, 0.4) is 0 Å². The van der Waals surface area contributed by atoms with Gasteiger partial charge in [-0.05, 0) is 37.1 Å². The van der Waals surface area contributed by atoms with Gasteiger partial charge in [-0.3, -0.25) is 18.8 Å². The molecule has 1 aliphatic heterocycles. The molecule has 128 valence electrons. The maximum atomic E-state index is 12.1. The zero-order valence-corrected chi connectivity index (χ0v) is 14.4. The summed E-state index contributed by atoms with van der Waals surface area (Å²) in [5.74, 6) is 0.845. The molecule has 1 atom stereocenters. The summed E-state index contributed by atoms with van der Waals surface area (Å²) in [5, 5.41) is 0. The lowest BCUT2D eigenvalue weighted by atomic mass is 10.0. The molecule has 1 fully saturated rings. The molecule has 1 aromatic carbocycles. The summed E-state index contributed by atoms with van der Waals surface area (Å²) in [5.41, 5.74) is 1.46. The van der Waals surface area contributed by atoms with Crippen LogP contribution in [0.5, 0.6) is 5.75 Å². The van der Waals surface area contributed by atoms with Crippen molar-refractivity contribution in [2.75, 3.05) is 13.7 Å². The van der Waals surface area contributed by atoms with Crippen molar-refractivity contribution < 1.29 is 4.74 Å². The van der Waals surface area contributed by atoms with Gasteiger partial charge in [0.1, 0.15) is 5.75 Å². The van der Waals surface area contributed by atoms with Gasteiger partial charge in [-0.2, -0.15) is 0 Å². The molecule has 3 rings (SSSR count). The second kappa shape index (κ2) is 6.65. The molecule has 24 heavy (non-hydrogen) atoms. The third-order valence-corrected chi connectivity index (χ3v) is 4.85. The van der Waals surface area contributed by atoms with Crippen LogP contribution in [0.4, 0.5) is 0 Å². The normalized spacial score (nSPS) is 18.0. The average molecular weight is 329 g/mol. The Morgan fingerprint density at radius 2 is 1.83 bits per heavy atom. The molecule has 6 heteroatoms. The quantitative estimate of drug-likeness (QED) is 0.851. The summed E-state index contributed by atoms with van der Waals surface area (Å²) in [6.07, 6.45) is 2.18. The number of aromatic nitrogens is 2. The lowest BCUT2D eigenvalue weighted by Gasteiger charge is -2.25. The van der Waals surface area contributed by atoms with Gasteiger partial charge < -0.3 is 4.74 Å². The van der Waals surface area contributed by atoms with Gasteiger partial charge in [0.2, 0.25) is 0 Å². The summed E-state index contributed by atoms with van der Waals surface area (Å²) in [6.45, 7) is 1.55. The molecule has 2 heterocycles. The van der Waals surface area contributed by atoms with Crippen molar-refractivity contribution in [3.8, 4) is 5.75 Å². The molecule has 1 saturated heterocycles. The molecule has 0 aliphatic carbocycles. The SMILES string of the molecule is COc1ccc([C@H]2CCCN2Cc2cc(=O)n(C)c(=O)n2C)cc1. The summed E-state index contributed by atoms with van der Waals surface area (Å²) in [6, 6.07) is 9.98. The van der Waals surface area contributed by atoms with Gasteiger partial charge in [-0.1, -0.05) is 12.1 Å². The molecule has 0 radical (unpaired) electrons. The highest BCUT2D eigenvalue weighted by molar-refractivity contribution is 5.29. The molecule has 0 bridgehead atoms. The highest BCUT2D eigenvalue weighted by Gasteiger charge is 2.26. The molecule has 6 nitrogen and oxygen atoms in total. The molecule has 0 saturated carbocycles. The first-order chi connectivity index (χ1) is 11.5. The Hall–Kier alpha value is -2.34. The highest BCUT2D eigenvalue weighted by Crippen LogP contribution is 2.33. The number of nitrogens with zero attached hydrogens (tertiary/aromatic N) is 3. The van der Waals surface area contributed by atoms with Crippen LogP contribution in [0.2, 0.25) is 0 Å². The Bertz CT molecular complexity index is 836. The zero-order chi connectivity index (χ0) is 17.3. The van der Waals surface area contributed by atoms with Crippen molar-refractivity contribution >= 4 is 0 Å². The summed E-state index contributed by atoms with van der Waals surface area (Å²) >= 11 is 0. The van der Waals surface area contributed by atoms with Crippen LogP contribution in [-0.2, 0) is 20.6 Å². The number of hydrogen-bond donors (Lipinski definition) is 0. The largest absolute Gasteiger partial charge is 0.497 e. The summed E-state index contributed by atoms with van der Waals surface area (Å²) < 4.78 is 7.91. The number of ether oxygens (including phenoxy) is 1. The summed E-state index contributed by atoms with van der Waals surface area (Å²) in [7, 11) is 4.88. The number of rotatable bonds is 4. The van der Waals surface area contributed by atoms with Crippen molar-refractivity contribution in [3.05, 3.63) is 62.4 Å². The minimum atomic E-state index is -0.280. The maximum absolute atomic E-state index is 12.1. The van der Waals surface area contributed by atoms with E-state index >= 15 is 0 Å². The van der Waals surface area contributed by atoms with Gasteiger partial charge in [0, 0.05) is 38.4 Å². The van der Waals surface area contributed by atoms with E-state index in [1.807, 2.05) is 12.1 Å². The van der Waals surface area contributed by atoms with Crippen molar-refractivity contribution in [2.24, 2.45) is 14.1 Å². The smallest absolute Gasteiger partial charge is 0.330 e. The monoisotopic (exact) mass is 329 g/mol. The van der Waals surface area contributed by atoms with E-state index < -0.39 is 0 Å². The van der Waals surface area contributed by atoms with Crippen LogP contribution in [0.25, 0.3) is 0 Å². The molecule has 1 aliphatic rings. The van der Waals surface area contributed by atoms with Gasteiger partial charge in [0.05, 0.1) is 7.11 Å². The van der Waals surface area contributed by atoms with E-state index in [1.54, 1.807) is 24.8 Å². The molecule has 2 aromatic rings. The predicted octanol–water partition coefficient (Wildman–Crippen LogP) is 1.43. The zero-order valence-electron chi connectivity index (χ0n) is 14.4. The average Bonchev–Trinajstić information content (AvgIpc) is 3.06. The fourth-order valence-corrected chi connectivity index (χ4v) is 3.36. The van der Waals surface area contributed by atoms with Crippen molar-refractivity contribution in [3.63, 3.8) is 0 Å². The Morgan fingerprint density at radius 3 is 2.50 bits per heavy atom. The van der Waals surface area contributed by atoms with Crippen molar-refractivity contribution in [1.29, 1.82) is 0 Å². The van der Waals surface area contributed by atoms with E-state index in [-0.39, 0.29) is 11.2 Å². The van der Waals surface area contributed by atoms with Gasteiger partial charge >= 0.3 is 5.69 Å². The number of likely N-dealkylation sites (tertiary alicyclic amines) is 1. The van der Waals surface area contributed by atoms with Crippen LogP contribution < -0.4 is 16.0 Å². The Kier molecular flexibility index (Phi) is 4.57. The first-order valence-corrected chi connectivity index (χ1v) is 8.15. The van der Waals surface area contributed by atoms with Crippen molar-refractivity contribution in [2.45, 2.75) is 25.4 Å². The Morgan fingerprint density at radius 1 is 1.12 bits per heavy atom. The van der Waals surface area contributed by atoms with Gasteiger partial charge in [-0.25, -0.2) is 4.79 Å². The lowest BCUT2D eigenvalue weighted by Crippen LogP contribution is -2.39. The fraction of sp³-hybridized carbons (Fsp3) is 0.444. The van der Waals surface area contributed by atoms with E-state index in [4.69, 9.17) is 4.74 Å². The molecular weight excluding hydrogens is 306 g/mol. The van der Waals surface area contributed by atoms with E-state index in [0.29, 0.717) is 12.6 Å². The van der Waals surface area contributed by atoms with Crippen LogP contribution in [0.15, 0.2) is 39.9 Å². The molecule has 0 spiro atoms. The minimum absolute atomic E-state index is 0.256. The molecule has 1 aromatic heterocycles. The van der Waals surface area contributed by atoms with E-state index in [9.17, 15) is 9.59 Å². The molecule has 0 amide bonds. The van der Waals surface area contributed by atoms with Gasteiger partial charge in [0.15, 0.2) is 0 Å². The first-order valence-electron chi connectivity index (χ1n) is 8.15. The van der Waals surface area contributed by atoms with Crippen LogP contribution in [0, 0.1) is 0 Å². The number of methoxy groups -OCH3 is 1. The third-order valence-electron chi connectivity index (χ3n) is 4.85. The van der Waals surface area contributed by atoms with Gasteiger partial charge in [0.25, 0.3) is 5.56 Å². The summed E-state index contributed by atoms with van der Waals surface area (Å²) in [4.78, 5) is 26.4. The third kappa shape index (κ3) is 3.01. The fourth-order valence-electron chi connectivity index (χ4n) is 3.36. The molecule has 0 N–H and O–H groups in total. The second-order valence-electron chi connectivity index (χ2n) is 6.28. The van der Waals surface area contributed by atoms with Crippen LogP contribution >= 0.6 is 0 Å². The maximum Gasteiger partial charge on any atom is 0.330 e. The standard InChI is InChI=1S/C18H23N3O3/c1-19-14(11-17(22)20(2)18(19)23)12-21-10-4-5-16(21)13-6-8-15(24-3)9-7-13/h6-9,11,16H,4-5,10,12H2,1-3H3/t16-/m1/s1.